The molecule has 0 spiro atoms. The number of esters is 1. The molecule has 3 aromatic rings. The second kappa shape index (κ2) is 7.10. The van der Waals surface area contributed by atoms with Crippen molar-refractivity contribution in [3.63, 3.8) is 0 Å². The highest BCUT2D eigenvalue weighted by Crippen LogP contribution is 2.31. The molecule has 1 aromatic carbocycles. The zero-order chi connectivity index (χ0) is 20.0. The number of carbonyl (C=O) groups excluding carboxylic acids is 1. The summed E-state index contributed by atoms with van der Waals surface area (Å²) in [7, 11) is 1.31. The number of hydrogen-bond acceptors (Lipinski definition) is 6. The minimum atomic E-state index is -0.468. The summed E-state index contributed by atoms with van der Waals surface area (Å²) in [5.74, 6) is -0.184. The molecule has 0 radical (unpaired) electrons. The lowest BCUT2D eigenvalue weighted by molar-refractivity contribution is 0.0605. The van der Waals surface area contributed by atoms with Crippen LogP contribution in [0.3, 0.4) is 0 Å². The van der Waals surface area contributed by atoms with Gasteiger partial charge in [0.05, 0.1) is 19.0 Å². The summed E-state index contributed by atoms with van der Waals surface area (Å²) in [4.78, 5) is 35.0. The highest BCUT2D eigenvalue weighted by molar-refractivity contribution is 7.20. The average Bonchev–Trinajstić information content (AvgIpc) is 3.01. The number of halogens is 1. The second-order valence-corrected chi connectivity index (χ2v) is 7.98. The molecule has 0 bridgehead atoms. The summed E-state index contributed by atoms with van der Waals surface area (Å²) in [5, 5.41) is 0.424. The van der Waals surface area contributed by atoms with Crippen molar-refractivity contribution in [3.8, 4) is 0 Å². The van der Waals surface area contributed by atoms with Crippen molar-refractivity contribution in [3.05, 3.63) is 61.8 Å². The van der Waals surface area contributed by atoms with Crippen molar-refractivity contribution >= 4 is 27.5 Å². The van der Waals surface area contributed by atoms with Crippen LogP contribution in [0.1, 0.15) is 45.2 Å². The first-order valence-corrected chi connectivity index (χ1v) is 9.83. The molecule has 146 valence electrons. The van der Waals surface area contributed by atoms with Crippen LogP contribution in [-0.4, -0.2) is 34.5 Å². The number of nitrogens with zero attached hydrogens (tertiary/aromatic N) is 2. The predicted molar refractivity (Wildman–Crippen MR) is 105 cm³/mol. The Bertz CT molecular complexity index is 1140. The van der Waals surface area contributed by atoms with Crippen LogP contribution in [0.5, 0.6) is 0 Å². The van der Waals surface area contributed by atoms with Gasteiger partial charge in [0.15, 0.2) is 0 Å². The third-order valence-corrected chi connectivity index (χ3v) is 6.51. The van der Waals surface area contributed by atoms with Crippen molar-refractivity contribution in [1.82, 2.24) is 14.9 Å². The zero-order valence-corrected chi connectivity index (χ0v) is 16.7. The second-order valence-electron chi connectivity index (χ2n) is 6.98. The summed E-state index contributed by atoms with van der Waals surface area (Å²) in [6, 6.07) is 4.92. The Kier molecular flexibility index (Phi) is 4.76. The van der Waals surface area contributed by atoms with Crippen LogP contribution in [-0.2, 0) is 17.7 Å². The number of aromatic nitrogens is 2. The van der Waals surface area contributed by atoms with Crippen molar-refractivity contribution in [2.75, 3.05) is 13.7 Å². The van der Waals surface area contributed by atoms with Gasteiger partial charge >= 0.3 is 5.97 Å². The minimum absolute atomic E-state index is 0.0103. The average molecular weight is 401 g/mol. The molecule has 1 aliphatic rings. The molecule has 4 rings (SSSR count). The van der Waals surface area contributed by atoms with Crippen molar-refractivity contribution in [2.45, 2.75) is 32.9 Å². The molecule has 1 N–H and O–H groups in total. The number of benzene rings is 1. The first-order valence-electron chi connectivity index (χ1n) is 9.02. The quantitative estimate of drug-likeness (QED) is 0.682. The number of aromatic amines is 1. The number of carbonyl (C=O) groups is 1. The Morgan fingerprint density at radius 3 is 3.00 bits per heavy atom. The van der Waals surface area contributed by atoms with Crippen molar-refractivity contribution < 1.29 is 13.9 Å². The number of aryl methyl sites for hydroxylation is 1. The maximum absolute atomic E-state index is 13.7. The summed E-state index contributed by atoms with van der Waals surface area (Å²) in [6.45, 7) is 4.98. The highest BCUT2D eigenvalue weighted by atomic mass is 32.1. The summed E-state index contributed by atoms with van der Waals surface area (Å²) < 4.78 is 18.5. The number of nitrogens with one attached hydrogen (secondary N) is 1. The molecule has 28 heavy (non-hydrogen) atoms. The van der Waals surface area contributed by atoms with Gasteiger partial charge in [0.1, 0.15) is 21.3 Å². The lowest BCUT2D eigenvalue weighted by Gasteiger charge is -2.34. The molecule has 6 nitrogen and oxygen atoms in total. The number of methoxy groups -OCH3 is 1. The first kappa shape index (κ1) is 18.8. The van der Waals surface area contributed by atoms with Gasteiger partial charge in [-0.2, -0.15) is 0 Å². The Hall–Kier alpha value is -2.58. The van der Waals surface area contributed by atoms with Crippen LogP contribution >= 0.6 is 11.3 Å². The molecule has 1 unspecified atom stereocenters. The van der Waals surface area contributed by atoms with E-state index in [4.69, 9.17) is 4.74 Å². The number of H-pyrrole nitrogens is 1. The van der Waals surface area contributed by atoms with Gasteiger partial charge in [0.25, 0.3) is 5.56 Å². The molecule has 1 atom stereocenters. The fraction of sp³-hybridized carbons (Fsp3) is 0.350. The van der Waals surface area contributed by atoms with E-state index in [0.717, 1.165) is 35.4 Å². The molecule has 0 saturated heterocycles. The van der Waals surface area contributed by atoms with Crippen LogP contribution in [0.25, 0.3) is 10.2 Å². The summed E-state index contributed by atoms with van der Waals surface area (Å²) in [5.41, 5.74) is 2.44. The van der Waals surface area contributed by atoms with E-state index in [2.05, 4.69) is 14.9 Å². The maximum Gasteiger partial charge on any atom is 0.348 e. The van der Waals surface area contributed by atoms with Gasteiger partial charge in [-0.15, -0.1) is 11.3 Å². The lowest BCUT2D eigenvalue weighted by atomic mass is 9.93. The molecule has 3 heterocycles. The predicted octanol–water partition coefficient (Wildman–Crippen LogP) is 3.34. The summed E-state index contributed by atoms with van der Waals surface area (Å²) in [6.07, 6.45) is 0.816. The fourth-order valence-electron chi connectivity index (χ4n) is 3.80. The Morgan fingerprint density at radius 1 is 1.46 bits per heavy atom. The third kappa shape index (κ3) is 3.12. The van der Waals surface area contributed by atoms with Crippen LogP contribution in [0.4, 0.5) is 4.39 Å². The van der Waals surface area contributed by atoms with E-state index in [9.17, 15) is 14.0 Å². The van der Waals surface area contributed by atoms with Gasteiger partial charge in [-0.05, 0) is 49.1 Å². The molecule has 0 saturated carbocycles. The smallest absolute Gasteiger partial charge is 0.348 e. The van der Waals surface area contributed by atoms with Crippen LogP contribution in [0.2, 0.25) is 0 Å². The zero-order valence-electron chi connectivity index (χ0n) is 15.8. The van der Waals surface area contributed by atoms with E-state index in [1.165, 1.54) is 13.2 Å². The van der Waals surface area contributed by atoms with Crippen LogP contribution in [0.15, 0.2) is 23.0 Å². The third-order valence-electron chi connectivity index (χ3n) is 5.35. The Balaban J connectivity index is 1.67. The van der Waals surface area contributed by atoms with Crippen molar-refractivity contribution in [1.29, 1.82) is 0 Å². The monoisotopic (exact) mass is 401 g/mol. The topological polar surface area (TPSA) is 75.3 Å². The van der Waals surface area contributed by atoms with Gasteiger partial charge in [-0.3, -0.25) is 9.69 Å². The number of ether oxygens (including phenoxy) is 1. The van der Waals surface area contributed by atoms with Gasteiger partial charge < -0.3 is 9.72 Å². The molecule has 2 aromatic heterocycles. The molecule has 0 aliphatic carbocycles. The number of rotatable bonds is 3. The van der Waals surface area contributed by atoms with E-state index in [1.807, 2.05) is 13.0 Å². The molecular formula is C20H20FN3O3S. The molecule has 0 fully saturated rings. The molecule has 0 amide bonds. The highest BCUT2D eigenvalue weighted by Gasteiger charge is 2.26. The Morgan fingerprint density at radius 2 is 2.25 bits per heavy atom. The van der Waals surface area contributed by atoms with Gasteiger partial charge in [-0.1, -0.05) is 6.07 Å². The van der Waals surface area contributed by atoms with Gasteiger partial charge in [0.2, 0.25) is 0 Å². The van der Waals surface area contributed by atoms with Crippen LogP contribution in [0, 0.1) is 12.7 Å². The van der Waals surface area contributed by atoms with E-state index < -0.39 is 5.97 Å². The van der Waals surface area contributed by atoms with E-state index >= 15 is 0 Å². The molecular weight excluding hydrogens is 381 g/mol. The maximum atomic E-state index is 13.7. The van der Waals surface area contributed by atoms with Gasteiger partial charge in [0, 0.05) is 12.6 Å². The van der Waals surface area contributed by atoms with Crippen LogP contribution < -0.4 is 5.56 Å². The van der Waals surface area contributed by atoms with E-state index in [1.54, 1.807) is 13.0 Å². The fourth-order valence-corrected chi connectivity index (χ4v) is 4.91. The molecule has 8 heteroatoms. The first-order chi connectivity index (χ1) is 13.4. The molecule has 1 aliphatic heterocycles. The minimum Gasteiger partial charge on any atom is -0.465 e. The van der Waals surface area contributed by atoms with E-state index in [0.29, 0.717) is 33.0 Å². The summed E-state index contributed by atoms with van der Waals surface area (Å²) >= 11 is 1.16. The number of hydrogen-bond donors (Lipinski definition) is 1. The Labute approximate surface area is 165 Å². The number of fused-ring (bicyclic) bond motifs is 2. The van der Waals surface area contributed by atoms with Crippen molar-refractivity contribution in [2.24, 2.45) is 0 Å². The van der Waals surface area contributed by atoms with Gasteiger partial charge in [-0.25, -0.2) is 14.2 Å². The lowest BCUT2D eigenvalue weighted by Crippen LogP contribution is -2.34. The normalized spacial score (nSPS) is 16.9. The number of thiophene rings is 1. The largest absolute Gasteiger partial charge is 0.465 e. The SMILES string of the molecule is COC(=O)c1sc2nc(CN3CCc4ccc(F)cc4C3C)[nH]c(=O)c2c1C. The standard InChI is InChI=1S/C20H20FN3O3S/c1-10-16-18(25)22-15(23-19(16)28-17(10)20(26)27-3)9-24-7-6-12-4-5-13(21)8-14(12)11(24)2/h4-5,8,11H,6-7,9H2,1-3H3,(H,22,23,25). The van der Waals surface area contributed by atoms with E-state index in [-0.39, 0.29) is 17.4 Å².